The number of carbonyl (C=O) groups excluding carboxylic acids is 1. The van der Waals surface area contributed by atoms with E-state index in [0.29, 0.717) is 12.3 Å². The van der Waals surface area contributed by atoms with Gasteiger partial charge in [0.25, 0.3) is 5.24 Å². The summed E-state index contributed by atoms with van der Waals surface area (Å²) in [6.45, 7) is 0. The van der Waals surface area contributed by atoms with Crippen LogP contribution >= 0.6 is 11.6 Å². The molecule has 0 aliphatic heterocycles. The number of thiol groups is 1. The predicted molar refractivity (Wildman–Crippen MR) is 53.4 cm³/mol. The Kier molecular flexibility index (Phi) is 4.10. The maximum absolute atomic E-state index is 12.3. The van der Waals surface area contributed by atoms with E-state index >= 15 is 0 Å². The first-order chi connectivity index (χ1) is 7.71. The first-order valence-corrected chi connectivity index (χ1v) is 5.83. The van der Waals surface area contributed by atoms with Crippen molar-refractivity contribution < 1.29 is 26.4 Å². The van der Waals surface area contributed by atoms with E-state index in [1.54, 1.807) is 0 Å². The number of alkyl halides is 3. The molecule has 0 aliphatic rings. The molecule has 0 amide bonds. The maximum Gasteiger partial charge on any atom is 0.417 e. The normalized spacial score (nSPS) is 11.8. The fourth-order valence-corrected chi connectivity index (χ4v) is 1.79. The molecule has 0 radical (unpaired) electrons. The Morgan fingerprint density at radius 3 is 2.41 bits per heavy atom. The summed E-state index contributed by atoms with van der Waals surface area (Å²) in [5, 5.41) is -1.11. The molecule has 9 heteroatoms. The molecule has 1 aromatic heterocycles. The first-order valence-electron chi connectivity index (χ1n) is 4.09. The van der Waals surface area contributed by atoms with E-state index in [1.807, 2.05) is 0 Å². The molecular weight excluding hydrogens is 283 g/mol. The van der Waals surface area contributed by atoms with Crippen LogP contribution in [-0.2, 0) is 22.6 Å². The molecule has 0 bridgehead atoms. The van der Waals surface area contributed by atoms with E-state index in [-0.39, 0.29) is 5.56 Å². The van der Waals surface area contributed by atoms with Gasteiger partial charge in [0.05, 0.1) is 11.3 Å². The fraction of sp³-hybridized carbons (Fsp3) is 0.250. The van der Waals surface area contributed by atoms with Gasteiger partial charge in [-0.15, -0.1) is 0 Å². The second kappa shape index (κ2) is 5.01. The highest BCUT2D eigenvalue weighted by molar-refractivity contribution is 7.71. The van der Waals surface area contributed by atoms with Crippen LogP contribution in [0.5, 0.6) is 0 Å². The largest absolute Gasteiger partial charge is 0.417 e. The molecule has 0 N–H and O–H groups in total. The van der Waals surface area contributed by atoms with Crippen LogP contribution in [0.1, 0.15) is 21.6 Å². The summed E-state index contributed by atoms with van der Waals surface area (Å²) in [6, 6.07) is 0.549. The van der Waals surface area contributed by atoms with Gasteiger partial charge in [-0.2, -0.15) is 13.2 Å². The van der Waals surface area contributed by atoms with Crippen molar-refractivity contribution in [1.82, 2.24) is 4.98 Å². The van der Waals surface area contributed by atoms with Gasteiger partial charge < -0.3 is 0 Å². The SMILES string of the molecule is O=C(Cl)c1ncc(C(F)(F)F)cc1C[SH](=O)=O. The first kappa shape index (κ1) is 13.9. The van der Waals surface area contributed by atoms with Crippen molar-refractivity contribution in [3.8, 4) is 0 Å². The van der Waals surface area contributed by atoms with Crippen LogP contribution in [0.3, 0.4) is 0 Å². The van der Waals surface area contributed by atoms with Crippen molar-refractivity contribution in [3.63, 3.8) is 0 Å². The molecule has 94 valence electrons. The van der Waals surface area contributed by atoms with Gasteiger partial charge in [-0.25, -0.2) is 8.42 Å². The average molecular weight is 288 g/mol. The molecule has 0 saturated carbocycles. The number of nitrogens with zero attached hydrogens (tertiary/aromatic N) is 1. The molecule has 1 rings (SSSR count). The summed E-state index contributed by atoms with van der Waals surface area (Å²) in [4.78, 5) is 14.1. The van der Waals surface area contributed by atoms with Crippen molar-refractivity contribution >= 4 is 27.5 Å². The third-order valence-electron chi connectivity index (χ3n) is 1.78. The highest BCUT2D eigenvalue weighted by atomic mass is 35.5. The Bertz CT molecular complexity index is 519. The minimum absolute atomic E-state index is 0.365. The molecule has 0 spiro atoms. The number of pyridine rings is 1. The van der Waals surface area contributed by atoms with Gasteiger partial charge in [-0.3, -0.25) is 9.78 Å². The Labute approximate surface area is 100 Å². The third-order valence-corrected chi connectivity index (χ3v) is 2.56. The van der Waals surface area contributed by atoms with E-state index in [1.165, 1.54) is 0 Å². The van der Waals surface area contributed by atoms with Gasteiger partial charge in [0.15, 0.2) is 0 Å². The summed E-state index contributed by atoms with van der Waals surface area (Å²) in [5.41, 5.74) is -1.99. The van der Waals surface area contributed by atoms with Crippen molar-refractivity contribution in [2.45, 2.75) is 11.9 Å². The van der Waals surface area contributed by atoms with Crippen LogP contribution in [-0.4, -0.2) is 18.6 Å². The standard InChI is InChI=1S/C8H5ClF3NO3S/c9-7(14)6-4(3-17(15)16)1-5(2-13-6)8(10,11)12/h1-2,17H,3H2. The van der Waals surface area contributed by atoms with Crippen LogP contribution in [0.4, 0.5) is 13.2 Å². The van der Waals surface area contributed by atoms with E-state index in [0.717, 1.165) is 0 Å². The Morgan fingerprint density at radius 2 is 2.00 bits per heavy atom. The lowest BCUT2D eigenvalue weighted by molar-refractivity contribution is -0.137. The van der Waals surface area contributed by atoms with Gasteiger partial charge in [0, 0.05) is 6.20 Å². The van der Waals surface area contributed by atoms with E-state index in [9.17, 15) is 26.4 Å². The van der Waals surface area contributed by atoms with Gasteiger partial charge in [-0.05, 0) is 23.2 Å². The van der Waals surface area contributed by atoms with Gasteiger partial charge in [0.2, 0.25) is 0 Å². The summed E-state index contributed by atoms with van der Waals surface area (Å²) >= 11 is 5.08. The highest BCUT2D eigenvalue weighted by Crippen LogP contribution is 2.30. The highest BCUT2D eigenvalue weighted by Gasteiger charge is 2.32. The number of rotatable bonds is 3. The molecule has 0 fully saturated rings. The molecule has 4 nitrogen and oxygen atoms in total. The van der Waals surface area contributed by atoms with Crippen molar-refractivity contribution in [2.24, 2.45) is 0 Å². The summed E-state index contributed by atoms with van der Waals surface area (Å²) in [7, 11) is -2.98. The van der Waals surface area contributed by atoms with Crippen molar-refractivity contribution in [3.05, 3.63) is 29.1 Å². The maximum atomic E-state index is 12.3. The Hall–Kier alpha value is -1.15. The van der Waals surface area contributed by atoms with Crippen LogP contribution in [0.15, 0.2) is 12.3 Å². The topological polar surface area (TPSA) is 64.1 Å². The number of aromatic nitrogens is 1. The second-order valence-electron chi connectivity index (χ2n) is 2.99. The number of hydrogen-bond acceptors (Lipinski definition) is 4. The summed E-state index contributed by atoms with van der Waals surface area (Å²) < 4.78 is 57.9. The lowest BCUT2D eigenvalue weighted by atomic mass is 10.1. The van der Waals surface area contributed by atoms with Gasteiger partial charge in [0.1, 0.15) is 16.4 Å². The van der Waals surface area contributed by atoms with Gasteiger partial charge in [-0.1, -0.05) is 0 Å². The molecule has 17 heavy (non-hydrogen) atoms. The quantitative estimate of drug-likeness (QED) is 0.677. The number of hydrogen-bond donors (Lipinski definition) is 1. The zero-order valence-corrected chi connectivity index (χ0v) is 9.64. The predicted octanol–water partition coefficient (Wildman–Crippen LogP) is 1.59. The lowest BCUT2D eigenvalue weighted by Crippen LogP contribution is -2.10. The average Bonchev–Trinajstić information content (AvgIpc) is 2.14. The smallest absolute Gasteiger partial charge is 0.274 e. The fourth-order valence-electron chi connectivity index (χ4n) is 1.10. The van der Waals surface area contributed by atoms with Crippen LogP contribution < -0.4 is 0 Å². The van der Waals surface area contributed by atoms with Crippen LogP contribution in [0, 0.1) is 0 Å². The monoisotopic (exact) mass is 287 g/mol. The molecular formula is C8H5ClF3NO3S. The lowest BCUT2D eigenvalue weighted by Gasteiger charge is -2.08. The molecule has 0 aliphatic carbocycles. The van der Waals surface area contributed by atoms with Gasteiger partial charge >= 0.3 is 6.18 Å². The Morgan fingerprint density at radius 1 is 1.41 bits per heavy atom. The molecule has 0 aromatic carbocycles. The van der Waals surface area contributed by atoms with E-state index in [4.69, 9.17) is 11.6 Å². The van der Waals surface area contributed by atoms with Crippen LogP contribution in [0.2, 0.25) is 0 Å². The van der Waals surface area contributed by atoms with E-state index < -0.39 is 39.1 Å². The summed E-state index contributed by atoms with van der Waals surface area (Å²) in [6.07, 6.45) is -4.23. The number of halogens is 4. The molecule has 0 atom stereocenters. The number of carbonyl (C=O) groups is 1. The summed E-state index contributed by atoms with van der Waals surface area (Å²) in [5.74, 6) is -0.722. The second-order valence-corrected chi connectivity index (χ2v) is 4.32. The molecule has 0 saturated heterocycles. The molecule has 0 unspecified atom stereocenters. The van der Waals surface area contributed by atoms with Crippen molar-refractivity contribution in [1.29, 1.82) is 0 Å². The Balaban J connectivity index is 3.33. The minimum Gasteiger partial charge on any atom is -0.274 e. The zero-order valence-electron chi connectivity index (χ0n) is 7.99. The zero-order chi connectivity index (χ0) is 13.2. The van der Waals surface area contributed by atoms with Crippen molar-refractivity contribution in [2.75, 3.05) is 0 Å². The minimum atomic E-state index is -4.66. The van der Waals surface area contributed by atoms with Crippen LogP contribution in [0.25, 0.3) is 0 Å². The molecule has 1 heterocycles. The molecule has 1 aromatic rings. The third kappa shape index (κ3) is 3.67. The van der Waals surface area contributed by atoms with E-state index in [2.05, 4.69) is 4.98 Å².